The van der Waals surface area contributed by atoms with E-state index in [0.717, 1.165) is 31.2 Å². The molecule has 3 aliphatic heterocycles. The molecule has 3 heterocycles. The Morgan fingerprint density at radius 2 is 1.79 bits per heavy atom. The number of rotatable bonds is 7. The lowest BCUT2D eigenvalue weighted by Gasteiger charge is -2.37. The number of para-hydroxylation sites is 1. The predicted molar refractivity (Wildman–Crippen MR) is 150 cm³/mol. The number of nitrogens with one attached hydrogen (secondary N) is 1. The Labute approximate surface area is 227 Å². The van der Waals surface area contributed by atoms with E-state index in [-0.39, 0.29) is 23.3 Å². The summed E-state index contributed by atoms with van der Waals surface area (Å²) in [5.41, 5.74) is 2.92. The Bertz CT molecular complexity index is 1510. The van der Waals surface area contributed by atoms with Crippen molar-refractivity contribution in [1.82, 2.24) is 0 Å². The molecule has 1 fully saturated rings. The molecule has 4 atom stereocenters. The number of halogens is 1. The van der Waals surface area contributed by atoms with Crippen LogP contribution in [-0.2, 0) is 21.4 Å². The van der Waals surface area contributed by atoms with Gasteiger partial charge in [-0.1, -0.05) is 74.4 Å². The Morgan fingerprint density at radius 3 is 2.54 bits per heavy atom. The van der Waals surface area contributed by atoms with Crippen LogP contribution < -0.4 is 10.2 Å². The molecule has 6 heteroatoms. The van der Waals surface area contributed by atoms with Gasteiger partial charge in [0.2, 0.25) is 5.91 Å². The van der Waals surface area contributed by atoms with Crippen LogP contribution in [-0.4, -0.2) is 29.6 Å². The first-order chi connectivity index (χ1) is 18.9. The lowest BCUT2D eigenvalue weighted by molar-refractivity contribution is -0.122. The fourth-order valence-corrected chi connectivity index (χ4v) is 6.90. The third-order valence-electron chi connectivity index (χ3n) is 8.60. The number of hydrogen-bond acceptors (Lipinski definition) is 4. The fourth-order valence-electron chi connectivity index (χ4n) is 6.90. The summed E-state index contributed by atoms with van der Waals surface area (Å²) in [4.78, 5) is 43.9. The summed E-state index contributed by atoms with van der Waals surface area (Å²) < 4.78 is 14.2. The largest absolute Gasteiger partial charge is 0.352 e. The van der Waals surface area contributed by atoms with Gasteiger partial charge in [0.15, 0.2) is 11.6 Å². The molecule has 5 nitrogen and oxygen atoms in total. The van der Waals surface area contributed by atoms with Gasteiger partial charge in [0.05, 0.1) is 18.0 Å². The van der Waals surface area contributed by atoms with Crippen LogP contribution in [0.5, 0.6) is 0 Å². The van der Waals surface area contributed by atoms with Gasteiger partial charge in [-0.2, -0.15) is 0 Å². The number of hydrogen-bond donors (Lipinski definition) is 1. The van der Waals surface area contributed by atoms with Crippen molar-refractivity contribution >= 4 is 34.9 Å². The molecule has 3 aromatic carbocycles. The number of ketones is 2. The molecule has 0 unspecified atom stereocenters. The highest BCUT2D eigenvalue weighted by molar-refractivity contribution is 6.16. The molecule has 0 radical (unpaired) electrons. The maximum atomic E-state index is 14.5. The van der Waals surface area contributed by atoms with E-state index in [2.05, 4.69) is 12.2 Å². The first kappa shape index (κ1) is 25.2. The third kappa shape index (κ3) is 3.76. The maximum absolute atomic E-state index is 14.5. The van der Waals surface area contributed by atoms with Gasteiger partial charge in [-0.15, -0.1) is 0 Å². The number of carbonyl (C=O) groups is 3. The summed E-state index contributed by atoms with van der Waals surface area (Å²) in [5, 5.41) is 3.01. The highest BCUT2D eigenvalue weighted by Crippen LogP contribution is 2.57. The summed E-state index contributed by atoms with van der Waals surface area (Å²) in [6, 6.07) is 17.9. The van der Waals surface area contributed by atoms with Crippen molar-refractivity contribution in [3.05, 3.63) is 101 Å². The molecule has 0 bridgehead atoms. The average Bonchev–Trinajstić information content (AvgIpc) is 3.41. The van der Waals surface area contributed by atoms with Crippen molar-refractivity contribution in [3.8, 4) is 0 Å². The summed E-state index contributed by atoms with van der Waals surface area (Å²) in [7, 11) is 0. The normalized spacial score (nSPS) is 24.3. The number of unbranched alkanes of at least 4 members (excludes halogenated alkanes) is 2. The minimum atomic E-state index is -1.33. The molecule has 3 aromatic rings. The molecule has 0 saturated carbocycles. The van der Waals surface area contributed by atoms with E-state index in [0.29, 0.717) is 28.1 Å². The quantitative estimate of drug-likeness (QED) is 0.300. The number of fused-ring (bicyclic) bond motifs is 6. The van der Waals surface area contributed by atoms with Gasteiger partial charge in [-0.05, 0) is 55.2 Å². The van der Waals surface area contributed by atoms with Crippen LogP contribution >= 0.6 is 0 Å². The number of anilines is 2. The zero-order chi connectivity index (χ0) is 27.3. The second kappa shape index (κ2) is 9.60. The minimum Gasteiger partial charge on any atom is -0.352 e. The lowest BCUT2D eigenvalue weighted by Crippen LogP contribution is -2.51. The Kier molecular flexibility index (Phi) is 6.21. The minimum absolute atomic E-state index is 0.214. The molecule has 1 amide bonds. The second-order valence-corrected chi connectivity index (χ2v) is 10.8. The molecule has 3 aliphatic rings. The molecule has 198 valence electrons. The Balaban J connectivity index is 1.52. The Hall–Kier alpha value is -4.06. The van der Waals surface area contributed by atoms with Crippen LogP contribution in [0.25, 0.3) is 6.08 Å². The highest BCUT2D eigenvalue weighted by Gasteiger charge is 2.69. The Morgan fingerprint density at radius 1 is 1.03 bits per heavy atom. The summed E-state index contributed by atoms with van der Waals surface area (Å²) in [6.45, 7) is 3.64. The van der Waals surface area contributed by atoms with Crippen molar-refractivity contribution in [3.63, 3.8) is 0 Å². The van der Waals surface area contributed by atoms with E-state index in [4.69, 9.17) is 0 Å². The summed E-state index contributed by atoms with van der Waals surface area (Å²) in [6.07, 6.45) is 7.96. The monoisotopic (exact) mass is 522 g/mol. The van der Waals surface area contributed by atoms with E-state index in [1.807, 2.05) is 59.5 Å². The molecule has 0 aromatic heterocycles. The second-order valence-electron chi connectivity index (χ2n) is 10.8. The van der Waals surface area contributed by atoms with Crippen molar-refractivity contribution in [1.29, 1.82) is 0 Å². The molecule has 39 heavy (non-hydrogen) atoms. The van der Waals surface area contributed by atoms with Gasteiger partial charge in [0, 0.05) is 22.5 Å². The zero-order valence-corrected chi connectivity index (χ0v) is 22.1. The first-order valence-electron chi connectivity index (χ1n) is 13.7. The topological polar surface area (TPSA) is 66.5 Å². The van der Waals surface area contributed by atoms with E-state index < -0.39 is 23.4 Å². The molecule has 6 rings (SSSR count). The maximum Gasteiger partial charge on any atom is 0.238 e. The van der Waals surface area contributed by atoms with Gasteiger partial charge < -0.3 is 10.2 Å². The van der Waals surface area contributed by atoms with Crippen LogP contribution in [0.15, 0.2) is 72.8 Å². The van der Waals surface area contributed by atoms with Crippen molar-refractivity contribution in [2.75, 3.05) is 10.2 Å². The van der Waals surface area contributed by atoms with Gasteiger partial charge in [-0.25, -0.2) is 4.39 Å². The number of nitrogens with zero attached hydrogens (tertiary/aromatic N) is 1. The molecule has 0 aliphatic carbocycles. The van der Waals surface area contributed by atoms with Crippen LogP contribution in [0, 0.1) is 11.7 Å². The number of Topliss-reactive ketones (excluding diaryl/α,β-unsaturated/α-hetero) is 2. The van der Waals surface area contributed by atoms with E-state index >= 15 is 0 Å². The van der Waals surface area contributed by atoms with Crippen LogP contribution in [0.2, 0.25) is 0 Å². The zero-order valence-electron chi connectivity index (χ0n) is 22.1. The third-order valence-corrected chi connectivity index (χ3v) is 8.60. The fraction of sp³-hybridized carbons (Fsp3) is 0.303. The van der Waals surface area contributed by atoms with E-state index in [9.17, 15) is 18.8 Å². The predicted octanol–water partition coefficient (Wildman–Crippen LogP) is 6.12. The number of aryl methyl sites for hydroxylation is 1. The van der Waals surface area contributed by atoms with E-state index in [1.54, 1.807) is 12.1 Å². The lowest BCUT2D eigenvalue weighted by atomic mass is 9.64. The van der Waals surface area contributed by atoms with Crippen molar-refractivity contribution < 1.29 is 18.8 Å². The van der Waals surface area contributed by atoms with Crippen LogP contribution in [0.3, 0.4) is 0 Å². The standard InChI is InChI=1S/C33H31FN2O3/c1-3-4-5-8-21-11-13-22(14-12-21)31(38)29-30(20(2)37)36-27-17-16-24(34)19-23(27)15-18-28(36)33(29)25-9-6-7-10-26(25)35-32(33)39/h6-7,9-19,28-30H,3-5,8H2,1-2H3,(H,35,39)/t28-,29+,30+,33-/m1/s1. The number of amides is 1. The first-order valence-corrected chi connectivity index (χ1v) is 13.7. The average molecular weight is 523 g/mol. The van der Waals surface area contributed by atoms with Gasteiger partial charge in [0.25, 0.3) is 0 Å². The van der Waals surface area contributed by atoms with Crippen molar-refractivity contribution in [2.24, 2.45) is 5.92 Å². The molecule has 1 saturated heterocycles. The summed E-state index contributed by atoms with van der Waals surface area (Å²) in [5.74, 6) is -2.12. The molecule has 1 N–H and O–H groups in total. The van der Waals surface area contributed by atoms with Gasteiger partial charge >= 0.3 is 0 Å². The van der Waals surface area contributed by atoms with Crippen LogP contribution in [0.1, 0.15) is 60.2 Å². The highest BCUT2D eigenvalue weighted by atomic mass is 19.1. The van der Waals surface area contributed by atoms with Crippen molar-refractivity contribution in [2.45, 2.75) is 57.0 Å². The molecular formula is C33H31FN2O3. The molecular weight excluding hydrogens is 491 g/mol. The number of carbonyl (C=O) groups excluding carboxylic acids is 3. The van der Waals surface area contributed by atoms with Gasteiger partial charge in [-0.3, -0.25) is 14.4 Å². The number of benzene rings is 3. The van der Waals surface area contributed by atoms with E-state index in [1.165, 1.54) is 19.1 Å². The van der Waals surface area contributed by atoms with Gasteiger partial charge in [0.1, 0.15) is 11.2 Å². The molecule has 1 spiro atoms. The van der Waals surface area contributed by atoms with Crippen LogP contribution in [0.4, 0.5) is 15.8 Å². The summed E-state index contributed by atoms with van der Waals surface area (Å²) >= 11 is 0. The smallest absolute Gasteiger partial charge is 0.238 e. The SMILES string of the molecule is CCCCCc1ccc(C(=O)[C@@H]2[C@H](C(C)=O)N3c4ccc(F)cc4C=C[C@@H]3[C@@]23C(=O)Nc2ccccc23)cc1.